The zero-order valence-corrected chi connectivity index (χ0v) is 16.7. The SMILES string of the molecule is CCOC(=O)C1=NN(c2cccc(Cl)c2)[C@@H]2C(=O)N(c3cccc(Cl)c3)C(=O)[C@@H]12. The molecule has 2 amide bonds. The lowest BCUT2D eigenvalue weighted by molar-refractivity contribution is -0.136. The summed E-state index contributed by atoms with van der Waals surface area (Å²) in [7, 11) is 0. The van der Waals surface area contributed by atoms with Crippen LogP contribution in [0.3, 0.4) is 0 Å². The van der Waals surface area contributed by atoms with E-state index in [4.69, 9.17) is 27.9 Å². The minimum absolute atomic E-state index is 0.111. The molecule has 2 aromatic rings. The Kier molecular flexibility index (Phi) is 5.02. The molecule has 2 aliphatic heterocycles. The molecular weight excluding hydrogens is 417 g/mol. The number of carbonyl (C=O) groups is 3. The number of rotatable bonds is 4. The number of imide groups is 1. The molecule has 0 radical (unpaired) electrons. The van der Waals surface area contributed by atoms with E-state index in [1.165, 1.54) is 11.1 Å². The summed E-state index contributed by atoms with van der Waals surface area (Å²) in [6, 6.07) is 12.1. The van der Waals surface area contributed by atoms with E-state index in [9.17, 15) is 14.4 Å². The lowest BCUT2D eigenvalue weighted by Crippen LogP contribution is -2.39. The number of hydrogen-bond acceptors (Lipinski definition) is 6. The number of hydrazone groups is 1. The van der Waals surface area contributed by atoms with Gasteiger partial charge in [0.25, 0.3) is 5.91 Å². The molecule has 2 aliphatic rings. The number of fused-ring (bicyclic) bond motifs is 1. The van der Waals surface area contributed by atoms with Crippen LogP contribution in [0.4, 0.5) is 11.4 Å². The average molecular weight is 432 g/mol. The van der Waals surface area contributed by atoms with Gasteiger partial charge in [-0.1, -0.05) is 35.3 Å². The van der Waals surface area contributed by atoms with Gasteiger partial charge in [0.2, 0.25) is 5.91 Å². The third-order valence-corrected chi connectivity index (χ3v) is 5.14. The summed E-state index contributed by atoms with van der Waals surface area (Å²) in [4.78, 5) is 40.0. The minimum atomic E-state index is -1.08. The molecule has 2 aromatic carbocycles. The van der Waals surface area contributed by atoms with Crippen LogP contribution >= 0.6 is 23.2 Å². The summed E-state index contributed by atoms with van der Waals surface area (Å²) < 4.78 is 5.06. The number of hydrogen-bond donors (Lipinski definition) is 0. The highest BCUT2D eigenvalue weighted by atomic mass is 35.5. The van der Waals surface area contributed by atoms with Gasteiger partial charge in [0.1, 0.15) is 12.0 Å². The van der Waals surface area contributed by atoms with Gasteiger partial charge in [-0.05, 0) is 43.3 Å². The number of benzene rings is 2. The molecule has 0 N–H and O–H groups in total. The van der Waals surface area contributed by atoms with E-state index in [1.54, 1.807) is 49.4 Å². The molecule has 1 saturated heterocycles. The van der Waals surface area contributed by atoms with Crippen molar-refractivity contribution in [3.63, 3.8) is 0 Å². The van der Waals surface area contributed by atoms with Crippen molar-refractivity contribution in [1.29, 1.82) is 0 Å². The van der Waals surface area contributed by atoms with E-state index in [2.05, 4.69) is 5.10 Å². The Hall–Kier alpha value is -2.90. The van der Waals surface area contributed by atoms with Gasteiger partial charge in [-0.3, -0.25) is 14.6 Å². The Labute approximate surface area is 176 Å². The third kappa shape index (κ3) is 3.26. The van der Waals surface area contributed by atoms with Gasteiger partial charge in [-0.25, -0.2) is 9.69 Å². The summed E-state index contributed by atoms with van der Waals surface area (Å²) in [6.07, 6.45) is 0. The molecule has 2 heterocycles. The first-order valence-electron chi connectivity index (χ1n) is 8.86. The van der Waals surface area contributed by atoms with E-state index in [0.29, 0.717) is 21.4 Å². The molecule has 1 fully saturated rings. The van der Waals surface area contributed by atoms with Gasteiger partial charge in [-0.2, -0.15) is 5.10 Å². The molecule has 7 nitrogen and oxygen atoms in total. The van der Waals surface area contributed by atoms with Crippen molar-refractivity contribution in [1.82, 2.24) is 0 Å². The van der Waals surface area contributed by atoms with Gasteiger partial charge in [-0.15, -0.1) is 0 Å². The second-order valence-corrected chi connectivity index (χ2v) is 7.32. The molecule has 0 bridgehead atoms. The zero-order valence-electron chi connectivity index (χ0n) is 15.2. The number of halogens is 2. The molecule has 2 atom stereocenters. The van der Waals surface area contributed by atoms with Crippen molar-refractivity contribution in [2.24, 2.45) is 11.0 Å². The minimum Gasteiger partial charge on any atom is -0.461 e. The fourth-order valence-corrected chi connectivity index (χ4v) is 3.86. The fraction of sp³-hybridized carbons (Fsp3) is 0.200. The van der Waals surface area contributed by atoms with E-state index in [-0.39, 0.29) is 12.3 Å². The van der Waals surface area contributed by atoms with Gasteiger partial charge in [0, 0.05) is 10.0 Å². The molecule has 0 saturated carbocycles. The van der Waals surface area contributed by atoms with Gasteiger partial charge >= 0.3 is 5.97 Å². The number of nitrogens with zero attached hydrogens (tertiary/aromatic N) is 3. The van der Waals surface area contributed by atoms with Crippen LogP contribution in [0.15, 0.2) is 53.6 Å². The summed E-state index contributed by atoms with van der Waals surface area (Å²) in [5.74, 6) is -2.88. The van der Waals surface area contributed by atoms with Crippen LogP contribution in [0, 0.1) is 5.92 Å². The van der Waals surface area contributed by atoms with Crippen molar-refractivity contribution in [3.8, 4) is 0 Å². The van der Waals surface area contributed by atoms with E-state index < -0.39 is 29.7 Å². The summed E-state index contributed by atoms with van der Waals surface area (Å²) in [5, 5.41) is 6.44. The largest absolute Gasteiger partial charge is 0.461 e. The summed E-state index contributed by atoms with van der Waals surface area (Å²) in [6.45, 7) is 1.77. The van der Waals surface area contributed by atoms with Crippen LogP contribution in [-0.4, -0.2) is 36.1 Å². The van der Waals surface area contributed by atoms with Gasteiger partial charge < -0.3 is 4.74 Å². The smallest absolute Gasteiger partial charge is 0.355 e. The van der Waals surface area contributed by atoms with Crippen molar-refractivity contribution in [2.45, 2.75) is 13.0 Å². The van der Waals surface area contributed by atoms with Crippen LogP contribution < -0.4 is 9.91 Å². The van der Waals surface area contributed by atoms with E-state index in [0.717, 1.165) is 4.90 Å². The van der Waals surface area contributed by atoms with Crippen molar-refractivity contribution in [2.75, 3.05) is 16.5 Å². The average Bonchev–Trinajstić information content (AvgIpc) is 3.19. The number of amides is 2. The summed E-state index contributed by atoms with van der Waals surface area (Å²) in [5.41, 5.74) is 0.705. The maximum absolute atomic E-state index is 13.3. The van der Waals surface area contributed by atoms with Crippen molar-refractivity contribution in [3.05, 3.63) is 58.6 Å². The maximum atomic E-state index is 13.3. The van der Waals surface area contributed by atoms with Gasteiger partial charge in [0.05, 0.1) is 18.0 Å². The molecule has 0 spiro atoms. The van der Waals surface area contributed by atoms with Crippen molar-refractivity contribution < 1.29 is 19.1 Å². The molecule has 0 aromatic heterocycles. The monoisotopic (exact) mass is 431 g/mol. The molecule has 29 heavy (non-hydrogen) atoms. The molecule has 9 heteroatoms. The standard InChI is InChI=1S/C20H15Cl2N3O4/c1-2-29-20(28)16-15-17(25(23-16)14-8-4-6-12(22)10-14)19(27)24(18(15)26)13-7-3-5-11(21)9-13/h3-10,15,17H,2H2,1H3/t15-,17-/m0/s1. The first kappa shape index (κ1) is 19.4. The highest BCUT2D eigenvalue weighted by Crippen LogP contribution is 2.38. The van der Waals surface area contributed by atoms with Crippen LogP contribution in [0.25, 0.3) is 0 Å². The van der Waals surface area contributed by atoms with Gasteiger partial charge in [0.15, 0.2) is 5.71 Å². The quantitative estimate of drug-likeness (QED) is 0.547. The lowest BCUT2D eigenvalue weighted by Gasteiger charge is -2.22. The Bertz CT molecular complexity index is 1060. The number of anilines is 2. The Morgan fingerprint density at radius 2 is 1.66 bits per heavy atom. The molecule has 4 rings (SSSR count). The first-order chi connectivity index (χ1) is 13.9. The predicted molar refractivity (Wildman–Crippen MR) is 109 cm³/mol. The van der Waals surface area contributed by atoms with Crippen molar-refractivity contribution >= 4 is 58.1 Å². The zero-order chi connectivity index (χ0) is 20.7. The van der Waals surface area contributed by atoms with Crippen LogP contribution in [0.1, 0.15) is 6.92 Å². The fourth-order valence-electron chi connectivity index (χ4n) is 3.49. The normalized spacial score (nSPS) is 20.7. The number of esters is 1. The number of carbonyl (C=O) groups excluding carboxylic acids is 3. The third-order valence-electron chi connectivity index (χ3n) is 4.67. The molecular formula is C20H15Cl2N3O4. The van der Waals surface area contributed by atoms with E-state index in [1.807, 2.05) is 0 Å². The number of ether oxygens (including phenoxy) is 1. The second kappa shape index (κ2) is 7.50. The highest BCUT2D eigenvalue weighted by molar-refractivity contribution is 6.47. The van der Waals surface area contributed by atoms with Crippen LogP contribution in [-0.2, 0) is 19.1 Å². The topological polar surface area (TPSA) is 79.3 Å². The second-order valence-electron chi connectivity index (χ2n) is 6.44. The molecule has 0 unspecified atom stereocenters. The maximum Gasteiger partial charge on any atom is 0.355 e. The molecule has 0 aliphatic carbocycles. The van der Waals surface area contributed by atoms with Crippen LogP contribution in [0.2, 0.25) is 10.0 Å². The Morgan fingerprint density at radius 1 is 1.03 bits per heavy atom. The Balaban J connectivity index is 1.81. The summed E-state index contributed by atoms with van der Waals surface area (Å²) >= 11 is 12.1. The Morgan fingerprint density at radius 3 is 2.28 bits per heavy atom. The highest BCUT2D eigenvalue weighted by Gasteiger charge is 2.59. The lowest BCUT2D eigenvalue weighted by atomic mass is 9.98. The first-order valence-corrected chi connectivity index (χ1v) is 9.61. The predicted octanol–water partition coefficient (Wildman–Crippen LogP) is 3.29. The van der Waals surface area contributed by atoms with E-state index >= 15 is 0 Å². The van der Waals surface area contributed by atoms with Crippen LogP contribution in [0.5, 0.6) is 0 Å². The molecule has 148 valence electrons.